The number of halogens is 2. The van der Waals surface area contributed by atoms with Crippen molar-refractivity contribution in [2.24, 2.45) is 0 Å². The fraction of sp³-hybridized carbons (Fsp3) is 0.536. The maximum Gasteiger partial charge on any atom is 0.266 e. The number of morpholine rings is 1. The molecule has 2 aliphatic heterocycles. The first-order valence-corrected chi connectivity index (χ1v) is 13.3. The minimum absolute atomic E-state index is 0.0775. The quantitative estimate of drug-likeness (QED) is 0.534. The lowest BCUT2D eigenvalue weighted by atomic mass is 9.78. The minimum atomic E-state index is -1.34. The van der Waals surface area contributed by atoms with E-state index in [1.807, 2.05) is 37.1 Å². The zero-order valence-corrected chi connectivity index (χ0v) is 22.4. The molecule has 8 nitrogen and oxygen atoms in total. The zero-order valence-electron chi connectivity index (χ0n) is 21.7. The normalized spacial score (nSPS) is 29.1. The first-order chi connectivity index (χ1) is 18.2. The Bertz CT molecular complexity index is 1130. The SMILES string of the molecule is CC1(C)O[C@H]2[C@H](OCc3cccc(Cl)c3)C[C@](OCc3ccccc3F)(C(=O)NN3CCOCC3)C[C@H]2O1. The number of rotatable bonds is 8. The Morgan fingerprint density at radius 3 is 2.66 bits per heavy atom. The molecule has 2 aromatic carbocycles. The van der Waals surface area contributed by atoms with E-state index in [4.69, 9.17) is 35.3 Å². The molecular weight excluding hydrogens is 515 g/mol. The highest BCUT2D eigenvalue weighted by Gasteiger charge is 2.58. The van der Waals surface area contributed by atoms with Gasteiger partial charge in [0.05, 0.1) is 38.6 Å². The van der Waals surface area contributed by atoms with Gasteiger partial charge >= 0.3 is 0 Å². The molecule has 2 heterocycles. The smallest absolute Gasteiger partial charge is 0.266 e. The van der Waals surface area contributed by atoms with Gasteiger partial charge in [-0.25, -0.2) is 9.40 Å². The Morgan fingerprint density at radius 1 is 1.11 bits per heavy atom. The van der Waals surface area contributed by atoms with E-state index in [9.17, 15) is 9.18 Å². The van der Waals surface area contributed by atoms with Crippen LogP contribution in [0, 0.1) is 5.82 Å². The van der Waals surface area contributed by atoms with Gasteiger partial charge < -0.3 is 23.7 Å². The molecule has 206 valence electrons. The first kappa shape index (κ1) is 27.5. The van der Waals surface area contributed by atoms with Crippen LogP contribution in [0.4, 0.5) is 4.39 Å². The van der Waals surface area contributed by atoms with E-state index < -0.39 is 29.7 Å². The van der Waals surface area contributed by atoms with Crippen LogP contribution >= 0.6 is 11.6 Å². The van der Waals surface area contributed by atoms with Gasteiger partial charge in [-0.3, -0.25) is 10.2 Å². The molecule has 5 rings (SSSR count). The molecule has 2 aromatic rings. The second-order valence-electron chi connectivity index (χ2n) is 10.4. The van der Waals surface area contributed by atoms with Gasteiger partial charge in [0.2, 0.25) is 0 Å². The van der Waals surface area contributed by atoms with Gasteiger partial charge in [0.15, 0.2) is 11.4 Å². The summed E-state index contributed by atoms with van der Waals surface area (Å²) in [5.74, 6) is -1.56. The van der Waals surface area contributed by atoms with E-state index in [-0.39, 0.29) is 37.8 Å². The molecule has 0 spiro atoms. The average molecular weight is 549 g/mol. The number of carbonyl (C=O) groups is 1. The first-order valence-electron chi connectivity index (χ1n) is 13.0. The molecule has 10 heteroatoms. The van der Waals surface area contributed by atoms with E-state index in [1.54, 1.807) is 24.3 Å². The number of benzene rings is 2. The molecule has 4 atom stereocenters. The van der Waals surface area contributed by atoms with Crippen LogP contribution in [-0.2, 0) is 41.7 Å². The second kappa shape index (κ2) is 11.6. The lowest BCUT2D eigenvalue weighted by molar-refractivity contribution is -0.188. The van der Waals surface area contributed by atoms with Gasteiger partial charge in [0, 0.05) is 36.5 Å². The second-order valence-corrected chi connectivity index (χ2v) is 10.9. The average Bonchev–Trinajstić information content (AvgIpc) is 3.21. The monoisotopic (exact) mass is 548 g/mol. The molecule has 1 saturated carbocycles. The predicted octanol–water partition coefficient (Wildman–Crippen LogP) is 4.00. The van der Waals surface area contributed by atoms with E-state index in [1.165, 1.54) is 6.07 Å². The summed E-state index contributed by atoms with van der Waals surface area (Å²) in [6.45, 7) is 6.03. The van der Waals surface area contributed by atoms with Crippen LogP contribution in [-0.4, -0.2) is 66.9 Å². The number of carbonyl (C=O) groups excluding carboxylic acids is 1. The maximum atomic E-state index is 14.5. The summed E-state index contributed by atoms with van der Waals surface area (Å²) >= 11 is 6.17. The van der Waals surface area contributed by atoms with Crippen LogP contribution < -0.4 is 5.43 Å². The summed E-state index contributed by atoms with van der Waals surface area (Å²) in [5, 5.41) is 2.44. The molecule has 0 aromatic heterocycles. The van der Waals surface area contributed by atoms with Crippen molar-refractivity contribution in [2.75, 3.05) is 26.3 Å². The molecule has 0 unspecified atom stereocenters. The lowest BCUT2D eigenvalue weighted by Gasteiger charge is -2.44. The molecule has 38 heavy (non-hydrogen) atoms. The third-order valence-corrected chi connectivity index (χ3v) is 7.38. The van der Waals surface area contributed by atoms with Crippen molar-refractivity contribution in [3.63, 3.8) is 0 Å². The highest BCUT2D eigenvalue weighted by Crippen LogP contribution is 2.44. The Kier molecular flexibility index (Phi) is 8.35. The number of hydrogen-bond acceptors (Lipinski definition) is 7. The molecule has 3 fully saturated rings. The van der Waals surface area contributed by atoms with Crippen LogP contribution in [0.15, 0.2) is 48.5 Å². The summed E-state index contributed by atoms with van der Waals surface area (Å²) in [4.78, 5) is 13.9. The third kappa shape index (κ3) is 6.37. The summed E-state index contributed by atoms with van der Waals surface area (Å²) in [6.07, 6.45) is -0.933. The van der Waals surface area contributed by atoms with Crippen molar-refractivity contribution in [1.82, 2.24) is 10.4 Å². The highest BCUT2D eigenvalue weighted by atomic mass is 35.5. The number of fused-ring (bicyclic) bond motifs is 1. The third-order valence-electron chi connectivity index (χ3n) is 7.15. The fourth-order valence-corrected chi connectivity index (χ4v) is 5.50. The Morgan fingerprint density at radius 2 is 1.89 bits per heavy atom. The van der Waals surface area contributed by atoms with Crippen molar-refractivity contribution in [3.8, 4) is 0 Å². The maximum absolute atomic E-state index is 14.5. The molecule has 1 aliphatic carbocycles. The van der Waals surface area contributed by atoms with Crippen LogP contribution in [0.2, 0.25) is 5.02 Å². The largest absolute Gasteiger partial charge is 0.379 e. The van der Waals surface area contributed by atoms with Crippen molar-refractivity contribution < 1.29 is 32.9 Å². The Balaban J connectivity index is 1.42. The van der Waals surface area contributed by atoms with Crippen LogP contribution in [0.5, 0.6) is 0 Å². The molecule has 1 N–H and O–H groups in total. The van der Waals surface area contributed by atoms with Crippen molar-refractivity contribution in [3.05, 3.63) is 70.5 Å². The van der Waals surface area contributed by atoms with Gasteiger partial charge in [0.1, 0.15) is 11.9 Å². The number of hydrogen-bond donors (Lipinski definition) is 1. The van der Waals surface area contributed by atoms with Gasteiger partial charge in [-0.2, -0.15) is 0 Å². The van der Waals surface area contributed by atoms with Crippen LogP contribution in [0.3, 0.4) is 0 Å². The van der Waals surface area contributed by atoms with Crippen molar-refractivity contribution in [2.45, 2.75) is 69.6 Å². The molecule has 1 amide bonds. The summed E-state index contributed by atoms with van der Waals surface area (Å²) < 4.78 is 45.1. The zero-order chi connectivity index (χ0) is 26.8. The Hall–Kier alpha value is -2.11. The molecule has 0 bridgehead atoms. The topological polar surface area (TPSA) is 78.5 Å². The van der Waals surface area contributed by atoms with Gasteiger partial charge in [-0.05, 0) is 37.6 Å². The molecule has 3 aliphatic rings. The van der Waals surface area contributed by atoms with E-state index >= 15 is 0 Å². The number of nitrogens with one attached hydrogen (secondary N) is 1. The number of hydrazine groups is 1. The van der Waals surface area contributed by atoms with Crippen molar-refractivity contribution in [1.29, 1.82) is 0 Å². The van der Waals surface area contributed by atoms with E-state index in [0.717, 1.165) is 5.56 Å². The van der Waals surface area contributed by atoms with E-state index in [0.29, 0.717) is 36.9 Å². The Labute approximate surface area is 227 Å². The number of ether oxygens (including phenoxy) is 5. The van der Waals surface area contributed by atoms with Gasteiger partial charge in [-0.1, -0.05) is 41.9 Å². The number of amides is 1. The highest BCUT2D eigenvalue weighted by molar-refractivity contribution is 6.30. The van der Waals surface area contributed by atoms with E-state index in [2.05, 4.69) is 5.43 Å². The van der Waals surface area contributed by atoms with Gasteiger partial charge in [0.25, 0.3) is 5.91 Å². The predicted molar refractivity (Wildman–Crippen MR) is 138 cm³/mol. The lowest BCUT2D eigenvalue weighted by Crippen LogP contribution is -2.63. The standard InChI is InChI=1S/C28H34ClFN2O6/c1-27(2)37-24-16-28(26(33)31-32-10-12-34-13-11-32,36-18-20-7-3-4-9-22(20)30)15-23(25(24)38-27)35-17-19-6-5-8-21(29)14-19/h3-9,14,23-25H,10-13,15-18H2,1-2H3,(H,31,33)/t23-,24-,25+,28-/m1/s1. The summed E-state index contributed by atoms with van der Waals surface area (Å²) in [6, 6.07) is 13.8. The molecular formula is C28H34ClFN2O6. The summed E-state index contributed by atoms with van der Waals surface area (Å²) in [5.41, 5.74) is 2.93. The molecule has 0 radical (unpaired) electrons. The van der Waals surface area contributed by atoms with Crippen LogP contribution in [0.25, 0.3) is 0 Å². The molecule has 2 saturated heterocycles. The van der Waals surface area contributed by atoms with Crippen molar-refractivity contribution >= 4 is 17.5 Å². The number of nitrogens with zero attached hydrogens (tertiary/aromatic N) is 1. The summed E-state index contributed by atoms with van der Waals surface area (Å²) in [7, 11) is 0. The fourth-order valence-electron chi connectivity index (χ4n) is 5.29. The van der Waals surface area contributed by atoms with Crippen LogP contribution in [0.1, 0.15) is 37.8 Å². The van der Waals surface area contributed by atoms with Gasteiger partial charge in [-0.15, -0.1) is 0 Å². The minimum Gasteiger partial charge on any atom is -0.379 e.